The largest absolute Gasteiger partial charge is 0.303 e. The summed E-state index contributed by atoms with van der Waals surface area (Å²) in [6.07, 6.45) is 7.99. The zero-order valence-corrected chi connectivity index (χ0v) is 9.43. The SMILES string of the molecule is O=CC1CCc2nc(C3CCCC3)nn2C1. The van der Waals surface area contributed by atoms with Crippen LogP contribution in [-0.4, -0.2) is 21.1 Å². The highest BCUT2D eigenvalue weighted by Gasteiger charge is 2.26. The summed E-state index contributed by atoms with van der Waals surface area (Å²) in [6, 6.07) is 0. The fourth-order valence-electron chi connectivity index (χ4n) is 2.82. The lowest BCUT2D eigenvalue weighted by Gasteiger charge is -2.16. The molecule has 0 radical (unpaired) electrons. The molecule has 0 spiro atoms. The van der Waals surface area contributed by atoms with Crippen LogP contribution in [0.1, 0.15) is 49.7 Å². The summed E-state index contributed by atoms with van der Waals surface area (Å²) in [4.78, 5) is 15.4. The molecular formula is C12H17N3O. The van der Waals surface area contributed by atoms with E-state index in [9.17, 15) is 4.79 Å². The minimum absolute atomic E-state index is 0.144. The van der Waals surface area contributed by atoms with Gasteiger partial charge in [-0.2, -0.15) is 5.10 Å². The Bertz CT molecular complexity index is 393. The molecule has 1 saturated carbocycles. The first-order chi connectivity index (χ1) is 7.86. The fraction of sp³-hybridized carbons (Fsp3) is 0.750. The molecular weight excluding hydrogens is 202 g/mol. The first kappa shape index (κ1) is 10.00. The summed E-state index contributed by atoms with van der Waals surface area (Å²) >= 11 is 0. The van der Waals surface area contributed by atoms with Crippen molar-refractivity contribution >= 4 is 6.29 Å². The van der Waals surface area contributed by atoms with Gasteiger partial charge in [-0.05, 0) is 19.3 Å². The maximum Gasteiger partial charge on any atom is 0.154 e. The van der Waals surface area contributed by atoms with Crippen molar-refractivity contribution in [1.29, 1.82) is 0 Å². The number of nitrogens with zero attached hydrogens (tertiary/aromatic N) is 3. The van der Waals surface area contributed by atoms with Crippen molar-refractivity contribution in [3.8, 4) is 0 Å². The number of hydrogen-bond acceptors (Lipinski definition) is 3. The van der Waals surface area contributed by atoms with E-state index in [1.54, 1.807) is 0 Å². The highest BCUT2D eigenvalue weighted by molar-refractivity contribution is 5.53. The standard InChI is InChI=1S/C12H17N3O/c16-8-9-5-6-11-13-12(14-15(11)7-9)10-3-1-2-4-10/h8-10H,1-7H2. The van der Waals surface area contributed by atoms with Crippen molar-refractivity contribution in [3.05, 3.63) is 11.6 Å². The van der Waals surface area contributed by atoms with Gasteiger partial charge in [-0.3, -0.25) is 0 Å². The zero-order valence-electron chi connectivity index (χ0n) is 9.43. The molecule has 0 bridgehead atoms. The number of carbonyl (C=O) groups excluding carboxylic acids is 1. The highest BCUT2D eigenvalue weighted by atomic mass is 16.1. The van der Waals surface area contributed by atoms with E-state index >= 15 is 0 Å². The third kappa shape index (κ3) is 1.66. The van der Waals surface area contributed by atoms with Crippen LogP contribution < -0.4 is 0 Å². The molecule has 1 aromatic heterocycles. The summed E-state index contributed by atoms with van der Waals surface area (Å²) in [6.45, 7) is 0.735. The molecule has 1 aromatic rings. The van der Waals surface area contributed by atoms with Gasteiger partial charge in [-0.25, -0.2) is 9.67 Å². The summed E-state index contributed by atoms with van der Waals surface area (Å²) in [5.74, 6) is 2.83. The predicted octanol–water partition coefficient (Wildman–Crippen LogP) is 1.70. The Morgan fingerprint density at radius 2 is 2.06 bits per heavy atom. The highest BCUT2D eigenvalue weighted by Crippen LogP contribution is 2.32. The second kappa shape index (κ2) is 4.00. The van der Waals surface area contributed by atoms with Gasteiger partial charge in [0.2, 0.25) is 0 Å². The van der Waals surface area contributed by atoms with Crippen molar-refractivity contribution in [1.82, 2.24) is 14.8 Å². The normalized spacial score (nSPS) is 25.6. The average molecular weight is 219 g/mol. The van der Waals surface area contributed by atoms with E-state index in [1.165, 1.54) is 25.7 Å². The molecule has 4 nitrogen and oxygen atoms in total. The molecule has 0 N–H and O–H groups in total. The molecule has 0 amide bonds. The van der Waals surface area contributed by atoms with Gasteiger partial charge < -0.3 is 4.79 Å². The second-order valence-corrected chi connectivity index (χ2v) is 4.98. The number of fused-ring (bicyclic) bond motifs is 1. The van der Waals surface area contributed by atoms with E-state index in [4.69, 9.17) is 0 Å². The van der Waals surface area contributed by atoms with Crippen LogP contribution in [0.4, 0.5) is 0 Å². The van der Waals surface area contributed by atoms with Crippen LogP contribution >= 0.6 is 0 Å². The molecule has 1 fully saturated rings. The summed E-state index contributed by atoms with van der Waals surface area (Å²) < 4.78 is 1.95. The van der Waals surface area contributed by atoms with Crippen LogP contribution in [0.2, 0.25) is 0 Å². The lowest BCUT2D eigenvalue weighted by Crippen LogP contribution is -2.22. The van der Waals surface area contributed by atoms with E-state index in [1.807, 2.05) is 4.68 Å². The minimum Gasteiger partial charge on any atom is -0.303 e. The molecule has 16 heavy (non-hydrogen) atoms. The molecule has 2 aliphatic rings. The Labute approximate surface area is 95.1 Å². The second-order valence-electron chi connectivity index (χ2n) is 4.98. The van der Waals surface area contributed by atoms with Gasteiger partial charge in [0.05, 0.1) is 6.54 Å². The number of aryl methyl sites for hydroxylation is 1. The van der Waals surface area contributed by atoms with E-state index < -0.39 is 0 Å². The fourth-order valence-corrected chi connectivity index (χ4v) is 2.82. The minimum atomic E-state index is 0.144. The maximum absolute atomic E-state index is 10.8. The monoisotopic (exact) mass is 219 g/mol. The van der Waals surface area contributed by atoms with Gasteiger partial charge in [0.1, 0.15) is 12.1 Å². The number of rotatable bonds is 2. The van der Waals surface area contributed by atoms with E-state index in [0.717, 1.165) is 37.3 Å². The maximum atomic E-state index is 10.8. The molecule has 0 saturated heterocycles. The number of aromatic nitrogens is 3. The molecule has 2 heterocycles. The van der Waals surface area contributed by atoms with Crippen LogP contribution in [0.5, 0.6) is 0 Å². The van der Waals surface area contributed by atoms with Gasteiger partial charge in [-0.15, -0.1) is 0 Å². The van der Waals surface area contributed by atoms with Crippen LogP contribution in [0.3, 0.4) is 0 Å². The molecule has 3 rings (SSSR count). The molecule has 86 valence electrons. The third-order valence-corrected chi connectivity index (χ3v) is 3.82. The smallest absolute Gasteiger partial charge is 0.154 e. The lowest BCUT2D eigenvalue weighted by atomic mass is 10.0. The molecule has 1 atom stereocenters. The average Bonchev–Trinajstić information content (AvgIpc) is 2.96. The summed E-state index contributed by atoms with van der Waals surface area (Å²) in [5, 5.41) is 4.58. The quantitative estimate of drug-likeness (QED) is 0.711. The van der Waals surface area contributed by atoms with E-state index in [2.05, 4.69) is 10.1 Å². The van der Waals surface area contributed by atoms with Gasteiger partial charge in [0, 0.05) is 18.3 Å². The van der Waals surface area contributed by atoms with Gasteiger partial charge in [0.15, 0.2) is 5.82 Å². The van der Waals surface area contributed by atoms with Crippen molar-refractivity contribution in [3.63, 3.8) is 0 Å². The van der Waals surface area contributed by atoms with Crippen molar-refractivity contribution in [2.45, 2.75) is 51.0 Å². The molecule has 1 aliphatic heterocycles. The van der Waals surface area contributed by atoms with Crippen molar-refractivity contribution in [2.24, 2.45) is 5.92 Å². The number of hydrogen-bond donors (Lipinski definition) is 0. The first-order valence-corrected chi connectivity index (χ1v) is 6.25. The van der Waals surface area contributed by atoms with E-state index in [-0.39, 0.29) is 5.92 Å². The Hall–Kier alpha value is -1.19. The predicted molar refractivity (Wildman–Crippen MR) is 59.1 cm³/mol. The van der Waals surface area contributed by atoms with Gasteiger partial charge in [0.25, 0.3) is 0 Å². The molecule has 1 aliphatic carbocycles. The van der Waals surface area contributed by atoms with Gasteiger partial charge in [-0.1, -0.05) is 12.8 Å². The lowest BCUT2D eigenvalue weighted by molar-refractivity contribution is -0.111. The topological polar surface area (TPSA) is 47.8 Å². The third-order valence-electron chi connectivity index (χ3n) is 3.82. The summed E-state index contributed by atoms with van der Waals surface area (Å²) in [5.41, 5.74) is 0. The van der Waals surface area contributed by atoms with Crippen LogP contribution in [0, 0.1) is 5.92 Å². The van der Waals surface area contributed by atoms with Crippen LogP contribution in [0.25, 0.3) is 0 Å². The Kier molecular flexibility index (Phi) is 2.50. The zero-order chi connectivity index (χ0) is 11.0. The molecule has 1 unspecified atom stereocenters. The van der Waals surface area contributed by atoms with Gasteiger partial charge >= 0.3 is 0 Å². The van der Waals surface area contributed by atoms with Crippen LogP contribution in [-0.2, 0) is 17.8 Å². The number of aldehydes is 1. The molecule has 4 heteroatoms. The van der Waals surface area contributed by atoms with E-state index in [0.29, 0.717) is 5.92 Å². The Morgan fingerprint density at radius 1 is 1.25 bits per heavy atom. The summed E-state index contributed by atoms with van der Waals surface area (Å²) in [7, 11) is 0. The first-order valence-electron chi connectivity index (χ1n) is 6.25. The Balaban J connectivity index is 1.83. The molecule has 0 aromatic carbocycles. The van der Waals surface area contributed by atoms with Crippen molar-refractivity contribution < 1.29 is 4.79 Å². The number of carbonyl (C=O) groups is 1. The Morgan fingerprint density at radius 3 is 2.81 bits per heavy atom. The van der Waals surface area contributed by atoms with Crippen LogP contribution in [0.15, 0.2) is 0 Å². The van der Waals surface area contributed by atoms with Crippen molar-refractivity contribution in [2.75, 3.05) is 0 Å².